The van der Waals surface area contributed by atoms with E-state index >= 15 is 0 Å². The molecule has 0 aromatic heterocycles. The lowest BCUT2D eigenvalue weighted by molar-refractivity contribution is -0.142. The highest BCUT2D eigenvalue weighted by Crippen LogP contribution is 2.33. The number of benzene rings is 3. The van der Waals surface area contributed by atoms with Crippen LogP contribution in [0.25, 0.3) is 0 Å². The number of hydrogen-bond acceptors (Lipinski definition) is 4. The molecule has 3 aromatic carbocycles. The van der Waals surface area contributed by atoms with E-state index in [1.54, 1.807) is 49.4 Å². The summed E-state index contributed by atoms with van der Waals surface area (Å²) < 4.78 is 32.9. The molecule has 0 fully saturated rings. The SMILES string of the molecule is CC(=O)OCc1ccc(C(=O)N([C@H](C)c2cc(F)cc(F)c2)[C@@H](C(N)=O)c2ccccc2)cc1. The number of halogens is 2. The molecule has 2 atom stereocenters. The molecule has 6 nitrogen and oxygen atoms in total. The van der Waals surface area contributed by atoms with Crippen molar-refractivity contribution in [2.45, 2.75) is 32.5 Å². The van der Waals surface area contributed by atoms with Crippen LogP contribution in [0.3, 0.4) is 0 Å². The highest BCUT2D eigenvalue weighted by molar-refractivity contribution is 5.98. The van der Waals surface area contributed by atoms with Gasteiger partial charge in [0, 0.05) is 18.6 Å². The van der Waals surface area contributed by atoms with Gasteiger partial charge in [-0.25, -0.2) is 8.78 Å². The molecule has 0 radical (unpaired) electrons. The zero-order valence-corrected chi connectivity index (χ0v) is 18.7. The third-order valence-corrected chi connectivity index (χ3v) is 5.33. The van der Waals surface area contributed by atoms with E-state index in [1.165, 1.54) is 24.0 Å². The van der Waals surface area contributed by atoms with E-state index in [0.717, 1.165) is 18.2 Å². The molecule has 8 heteroatoms. The molecule has 0 aliphatic carbocycles. The van der Waals surface area contributed by atoms with E-state index < -0.39 is 41.5 Å². The van der Waals surface area contributed by atoms with E-state index in [0.29, 0.717) is 11.1 Å². The summed E-state index contributed by atoms with van der Waals surface area (Å²) in [6, 6.07) is 15.6. The third-order valence-electron chi connectivity index (χ3n) is 5.33. The second-order valence-electron chi connectivity index (χ2n) is 7.78. The van der Waals surface area contributed by atoms with Crippen molar-refractivity contribution in [3.63, 3.8) is 0 Å². The number of hydrogen-bond donors (Lipinski definition) is 1. The van der Waals surface area contributed by atoms with Crippen molar-refractivity contribution in [1.29, 1.82) is 0 Å². The van der Waals surface area contributed by atoms with E-state index in [1.807, 2.05) is 0 Å². The normalized spacial score (nSPS) is 12.5. The summed E-state index contributed by atoms with van der Waals surface area (Å²) in [5, 5.41) is 0. The number of carbonyl (C=O) groups excluding carboxylic acids is 3. The molecule has 0 heterocycles. The molecule has 2 amide bonds. The summed E-state index contributed by atoms with van der Waals surface area (Å²) in [6.07, 6.45) is 0. The first kappa shape index (κ1) is 24.6. The van der Waals surface area contributed by atoms with Crippen LogP contribution >= 0.6 is 0 Å². The summed E-state index contributed by atoms with van der Waals surface area (Å²) in [7, 11) is 0. The lowest BCUT2D eigenvalue weighted by Gasteiger charge is -2.35. The van der Waals surface area contributed by atoms with Gasteiger partial charge in [-0.1, -0.05) is 42.5 Å². The van der Waals surface area contributed by atoms with E-state index in [9.17, 15) is 23.2 Å². The van der Waals surface area contributed by atoms with Crippen molar-refractivity contribution in [2.75, 3.05) is 0 Å². The number of ether oxygens (including phenoxy) is 1. The van der Waals surface area contributed by atoms with Gasteiger partial charge in [-0.2, -0.15) is 0 Å². The Morgan fingerprint density at radius 3 is 2.03 bits per heavy atom. The largest absolute Gasteiger partial charge is 0.461 e. The zero-order valence-electron chi connectivity index (χ0n) is 18.7. The number of nitrogens with zero attached hydrogens (tertiary/aromatic N) is 1. The molecule has 0 bridgehead atoms. The number of rotatable bonds is 8. The zero-order chi connectivity index (χ0) is 24.8. The minimum Gasteiger partial charge on any atom is -0.461 e. The van der Waals surface area contributed by atoms with Crippen LogP contribution in [0.4, 0.5) is 8.78 Å². The highest BCUT2D eigenvalue weighted by atomic mass is 19.1. The summed E-state index contributed by atoms with van der Waals surface area (Å²) in [5.41, 5.74) is 7.23. The average Bonchev–Trinajstić information content (AvgIpc) is 2.80. The Bertz CT molecular complexity index is 1160. The fourth-order valence-electron chi connectivity index (χ4n) is 3.67. The minimum absolute atomic E-state index is 0.0421. The van der Waals surface area contributed by atoms with Crippen molar-refractivity contribution in [3.8, 4) is 0 Å². The molecule has 34 heavy (non-hydrogen) atoms. The van der Waals surface area contributed by atoms with E-state index in [-0.39, 0.29) is 17.7 Å². The topological polar surface area (TPSA) is 89.7 Å². The van der Waals surface area contributed by atoms with Gasteiger partial charge in [0.05, 0.1) is 6.04 Å². The van der Waals surface area contributed by atoms with Crippen LogP contribution in [0.1, 0.15) is 53.0 Å². The van der Waals surface area contributed by atoms with E-state index in [4.69, 9.17) is 10.5 Å². The fourth-order valence-corrected chi connectivity index (χ4v) is 3.67. The summed E-state index contributed by atoms with van der Waals surface area (Å²) in [4.78, 5) is 38.5. The maximum Gasteiger partial charge on any atom is 0.302 e. The van der Waals surface area contributed by atoms with Gasteiger partial charge < -0.3 is 15.4 Å². The van der Waals surface area contributed by atoms with Crippen molar-refractivity contribution < 1.29 is 27.9 Å². The molecule has 0 saturated carbocycles. The Morgan fingerprint density at radius 2 is 1.50 bits per heavy atom. The highest BCUT2D eigenvalue weighted by Gasteiger charge is 2.35. The molecule has 0 saturated heterocycles. The van der Waals surface area contributed by atoms with Crippen LogP contribution < -0.4 is 5.73 Å². The maximum atomic E-state index is 14.0. The number of nitrogens with two attached hydrogens (primary N) is 1. The second-order valence-corrected chi connectivity index (χ2v) is 7.78. The molecular weight excluding hydrogens is 442 g/mol. The summed E-state index contributed by atoms with van der Waals surface area (Å²) >= 11 is 0. The molecule has 0 aliphatic rings. The molecule has 2 N–H and O–H groups in total. The average molecular weight is 466 g/mol. The van der Waals surface area contributed by atoms with Gasteiger partial charge in [0.25, 0.3) is 5.91 Å². The van der Waals surface area contributed by atoms with Crippen LogP contribution in [-0.2, 0) is 20.9 Å². The Labute approximate surface area is 195 Å². The summed E-state index contributed by atoms with van der Waals surface area (Å²) in [6.45, 7) is 2.90. The number of amides is 2. The van der Waals surface area contributed by atoms with E-state index in [2.05, 4.69) is 0 Å². The van der Waals surface area contributed by atoms with Crippen molar-refractivity contribution >= 4 is 17.8 Å². The van der Waals surface area contributed by atoms with Crippen LogP contribution in [-0.4, -0.2) is 22.7 Å². The van der Waals surface area contributed by atoms with Crippen LogP contribution in [0.2, 0.25) is 0 Å². The van der Waals surface area contributed by atoms with Gasteiger partial charge in [0.15, 0.2) is 0 Å². The maximum absolute atomic E-state index is 14.0. The van der Waals surface area contributed by atoms with Crippen molar-refractivity contribution in [3.05, 3.63) is 107 Å². The fraction of sp³-hybridized carbons (Fsp3) is 0.192. The Kier molecular flexibility index (Phi) is 7.73. The summed E-state index contributed by atoms with van der Waals surface area (Å²) in [5.74, 6) is -3.41. The number of primary amides is 1. The van der Waals surface area contributed by atoms with Crippen LogP contribution in [0.15, 0.2) is 72.8 Å². The second kappa shape index (κ2) is 10.7. The monoisotopic (exact) mass is 466 g/mol. The third kappa shape index (κ3) is 5.83. The first-order valence-corrected chi connectivity index (χ1v) is 10.5. The molecule has 0 spiro atoms. The van der Waals surface area contributed by atoms with Gasteiger partial charge in [-0.3, -0.25) is 14.4 Å². The molecular formula is C26H24F2N2O4. The first-order chi connectivity index (χ1) is 16.2. The smallest absolute Gasteiger partial charge is 0.302 e. The minimum atomic E-state index is -1.20. The predicted molar refractivity (Wildman–Crippen MR) is 121 cm³/mol. The lowest BCUT2D eigenvalue weighted by atomic mass is 9.97. The van der Waals surface area contributed by atoms with Crippen molar-refractivity contribution in [2.24, 2.45) is 5.73 Å². The number of esters is 1. The van der Waals surface area contributed by atoms with Gasteiger partial charge in [0.1, 0.15) is 24.3 Å². The Hall–Kier alpha value is -4.07. The quantitative estimate of drug-likeness (QED) is 0.497. The van der Waals surface area contributed by atoms with Gasteiger partial charge in [0.2, 0.25) is 5.91 Å². The number of carbonyl (C=O) groups is 3. The Balaban J connectivity index is 2.05. The standard InChI is InChI=1S/C26H24F2N2O4/c1-16(21-12-22(27)14-23(28)13-21)30(24(25(29)32)19-6-4-3-5-7-19)26(33)20-10-8-18(9-11-20)15-34-17(2)31/h3-14,16,24H,15H2,1-2H3,(H2,29,32)/t16-,24-/m1/s1. The van der Waals surface area contributed by atoms with Crippen molar-refractivity contribution in [1.82, 2.24) is 4.90 Å². The lowest BCUT2D eigenvalue weighted by Crippen LogP contribution is -2.43. The van der Waals surface area contributed by atoms with Crippen LogP contribution in [0, 0.1) is 11.6 Å². The molecule has 176 valence electrons. The predicted octanol–water partition coefficient (Wildman–Crippen LogP) is 4.46. The van der Waals surface area contributed by atoms with Gasteiger partial charge in [-0.05, 0) is 47.9 Å². The molecule has 0 aliphatic heterocycles. The molecule has 0 unspecified atom stereocenters. The molecule has 3 rings (SSSR count). The molecule has 3 aromatic rings. The van der Waals surface area contributed by atoms with Crippen LogP contribution in [0.5, 0.6) is 0 Å². The van der Waals surface area contributed by atoms with Gasteiger partial charge >= 0.3 is 5.97 Å². The first-order valence-electron chi connectivity index (χ1n) is 10.5. The Morgan fingerprint density at radius 1 is 0.912 bits per heavy atom. The van der Waals surface area contributed by atoms with Gasteiger partial charge in [-0.15, -0.1) is 0 Å².